The number of hydrogen-bond donors (Lipinski definition) is 3. The van der Waals surface area contributed by atoms with Crippen molar-refractivity contribution in [3.05, 3.63) is 48.6 Å². The first-order valence-corrected chi connectivity index (χ1v) is 32.0. The summed E-state index contributed by atoms with van der Waals surface area (Å²) in [6.07, 6.45) is 70.9. The Morgan fingerprint density at radius 3 is 1.13 bits per heavy atom. The van der Waals surface area contributed by atoms with E-state index in [1.54, 1.807) is 6.08 Å². The Morgan fingerprint density at radius 2 is 0.775 bits per heavy atom. The average Bonchev–Trinajstić information content (AvgIpc) is 3.33. The van der Waals surface area contributed by atoms with Crippen molar-refractivity contribution in [3.63, 3.8) is 0 Å². The van der Waals surface area contributed by atoms with E-state index in [4.69, 9.17) is 9.05 Å². The van der Waals surface area contributed by atoms with Crippen LogP contribution in [-0.4, -0.2) is 73.4 Å². The lowest BCUT2D eigenvalue weighted by Gasteiger charge is -2.25. The second-order valence-electron chi connectivity index (χ2n) is 22.1. The van der Waals surface area contributed by atoms with Gasteiger partial charge in [-0.05, 0) is 70.6 Å². The highest BCUT2D eigenvalue weighted by atomic mass is 31.2. The molecule has 0 aliphatic heterocycles. The number of likely N-dealkylation sites (N-methyl/N-ethyl adjacent to an activating group) is 1. The maximum atomic E-state index is 13.0. The molecule has 0 radical (unpaired) electrons. The lowest BCUT2D eigenvalue weighted by molar-refractivity contribution is -0.870. The standard InChI is InChI=1S/C62H119N2O6P/c1-6-8-10-12-14-16-18-20-22-24-26-27-28-29-30-31-32-33-34-35-36-37-38-40-42-44-46-48-50-52-54-56-62(66)63-60(59-70-71(67,68)69-58-57-64(3,4)5)61(65)55-53-51-49-47-45-43-41-39-25-23-21-19-17-15-13-11-9-7-2/h25,29-30,39,45,47,53,55,60-61,65H,6-24,26-28,31-38,40-44,46,48-52,54,56-59H2,1-5H3,(H-,63,66,67,68)/p+1/b30-29-,39-25+,47-45+,55-53+. The largest absolute Gasteiger partial charge is 0.472 e. The second-order valence-corrected chi connectivity index (χ2v) is 23.5. The molecule has 71 heavy (non-hydrogen) atoms. The van der Waals surface area contributed by atoms with Crippen molar-refractivity contribution in [2.75, 3.05) is 40.9 Å². The average molecular weight is 1020 g/mol. The summed E-state index contributed by atoms with van der Waals surface area (Å²) in [6.45, 7) is 4.81. The Labute approximate surface area is 441 Å². The van der Waals surface area contributed by atoms with Gasteiger partial charge in [-0.15, -0.1) is 0 Å². The van der Waals surface area contributed by atoms with Crippen molar-refractivity contribution in [2.24, 2.45) is 0 Å². The lowest BCUT2D eigenvalue weighted by atomic mass is 10.0. The zero-order valence-electron chi connectivity index (χ0n) is 47.7. The minimum Gasteiger partial charge on any atom is -0.387 e. The molecular weight excluding hydrogens is 900 g/mol. The molecule has 0 aromatic carbocycles. The van der Waals surface area contributed by atoms with Crippen molar-refractivity contribution in [2.45, 2.75) is 302 Å². The number of hydrogen-bond acceptors (Lipinski definition) is 5. The van der Waals surface area contributed by atoms with E-state index in [9.17, 15) is 19.4 Å². The second kappa shape index (κ2) is 53.3. The molecule has 3 unspecified atom stereocenters. The number of phosphoric acid groups is 1. The summed E-state index contributed by atoms with van der Waals surface area (Å²) < 4.78 is 23.7. The summed E-state index contributed by atoms with van der Waals surface area (Å²) in [7, 11) is 1.55. The van der Waals surface area contributed by atoms with Gasteiger partial charge in [0, 0.05) is 6.42 Å². The molecule has 0 heterocycles. The number of nitrogens with one attached hydrogen (secondary N) is 1. The number of rotatable bonds is 56. The maximum Gasteiger partial charge on any atom is 0.472 e. The van der Waals surface area contributed by atoms with E-state index in [1.807, 2.05) is 27.2 Å². The number of quaternary nitrogens is 1. The fourth-order valence-electron chi connectivity index (χ4n) is 8.95. The van der Waals surface area contributed by atoms with Gasteiger partial charge in [-0.3, -0.25) is 13.8 Å². The molecule has 3 N–H and O–H groups in total. The molecular formula is C62H120N2O6P+. The van der Waals surface area contributed by atoms with E-state index in [-0.39, 0.29) is 19.1 Å². The van der Waals surface area contributed by atoms with Crippen LogP contribution in [0.25, 0.3) is 0 Å². The number of aliphatic hydroxyl groups excluding tert-OH is 1. The van der Waals surface area contributed by atoms with E-state index in [2.05, 4.69) is 55.6 Å². The summed E-state index contributed by atoms with van der Waals surface area (Å²) in [5.74, 6) is -0.188. The minimum absolute atomic E-state index is 0.0537. The molecule has 0 saturated carbocycles. The van der Waals surface area contributed by atoms with Gasteiger partial charge in [0.05, 0.1) is 39.9 Å². The minimum atomic E-state index is -4.36. The molecule has 8 nitrogen and oxygen atoms in total. The maximum absolute atomic E-state index is 13.0. The molecule has 0 aromatic heterocycles. The quantitative estimate of drug-likeness (QED) is 0.0243. The molecule has 9 heteroatoms. The molecule has 3 atom stereocenters. The predicted octanol–water partition coefficient (Wildman–Crippen LogP) is 18.7. The van der Waals surface area contributed by atoms with Crippen molar-refractivity contribution in [1.29, 1.82) is 0 Å². The first-order chi connectivity index (χ1) is 34.5. The Bertz CT molecular complexity index is 1290. The van der Waals surface area contributed by atoms with Crippen molar-refractivity contribution in [1.82, 2.24) is 5.32 Å². The van der Waals surface area contributed by atoms with Crippen LogP contribution in [0, 0.1) is 0 Å². The zero-order chi connectivity index (χ0) is 52.0. The van der Waals surface area contributed by atoms with Gasteiger partial charge in [-0.1, -0.05) is 262 Å². The van der Waals surface area contributed by atoms with E-state index < -0.39 is 20.0 Å². The van der Waals surface area contributed by atoms with Crippen LogP contribution in [0.2, 0.25) is 0 Å². The summed E-state index contributed by atoms with van der Waals surface area (Å²) in [5, 5.41) is 13.9. The van der Waals surface area contributed by atoms with E-state index in [0.717, 1.165) is 44.9 Å². The Balaban J connectivity index is 4.13. The molecule has 0 spiro atoms. The van der Waals surface area contributed by atoms with Gasteiger partial charge in [0.25, 0.3) is 0 Å². The fraction of sp³-hybridized carbons (Fsp3) is 0.855. The highest BCUT2D eigenvalue weighted by Gasteiger charge is 2.27. The van der Waals surface area contributed by atoms with Gasteiger partial charge >= 0.3 is 7.82 Å². The molecule has 0 aromatic rings. The van der Waals surface area contributed by atoms with Crippen LogP contribution in [0.15, 0.2) is 48.6 Å². The Kier molecular flexibility index (Phi) is 52.1. The van der Waals surface area contributed by atoms with Crippen molar-refractivity contribution >= 4 is 13.7 Å². The van der Waals surface area contributed by atoms with Crippen LogP contribution >= 0.6 is 7.82 Å². The van der Waals surface area contributed by atoms with Gasteiger partial charge in [-0.25, -0.2) is 4.57 Å². The number of allylic oxidation sites excluding steroid dienone is 7. The van der Waals surface area contributed by atoms with Crippen LogP contribution in [-0.2, 0) is 18.4 Å². The summed E-state index contributed by atoms with van der Waals surface area (Å²) in [4.78, 5) is 23.3. The van der Waals surface area contributed by atoms with Crippen molar-refractivity contribution in [3.8, 4) is 0 Å². The SMILES string of the molecule is CCCCCCCCCC/C=C/CC/C=C/CC/C=C/C(O)C(COP(=O)(O)OCC[N+](C)(C)C)NC(=O)CCCCCCCCCCCCCCCCC/C=C\CCCCCCCCCCCCCC. The van der Waals surface area contributed by atoms with Gasteiger partial charge in [0.15, 0.2) is 0 Å². The monoisotopic (exact) mass is 1020 g/mol. The number of amides is 1. The lowest BCUT2D eigenvalue weighted by Crippen LogP contribution is -2.45. The molecule has 0 rings (SSSR count). The van der Waals surface area contributed by atoms with Crippen LogP contribution in [0.1, 0.15) is 290 Å². The first kappa shape index (κ1) is 69.5. The van der Waals surface area contributed by atoms with Crippen LogP contribution < -0.4 is 5.32 Å². The van der Waals surface area contributed by atoms with Crippen LogP contribution in [0.5, 0.6) is 0 Å². The molecule has 0 bridgehead atoms. The van der Waals surface area contributed by atoms with Gasteiger partial charge in [-0.2, -0.15) is 0 Å². The summed E-state index contributed by atoms with van der Waals surface area (Å²) in [6, 6.07) is -0.870. The number of nitrogens with zero attached hydrogens (tertiary/aromatic N) is 1. The zero-order valence-corrected chi connectivity index (χ0v) is 48.6. The highest BCUT2D eigenvalue weighted by molar-refractivity contribution is 7.47. The molecule has 0 aliphatic rings. The Morgan fingerprint density at radius 1 is 0.465 bits per heavy atom. The first-order valence-electron chi connectivity index (χ1n) is 30.5. The third-order valence-corrected chi connectivity index (χ3v) is 14.7. The molecule has 418 valence electrons. The number of carbonyl (C=O) groups is 1. The van der Waals surface area contributed by atoms with E-state index >= 15 is 0 Å². The van der Waals surface area contributed by atoms with Crippen LogP contribution in [0.4, 0.5) is 0 Å². The van der Waals surface area contributed by atoms with Gasteiger partial charge in [0.2, 0.25) is 5.91 Å². The van der Waals surface area contributed by atoms with Gasteiger partial charge in [0.1, 0.15) is 13.2 Å². The van der Waals surface area contributed by atoms with Crippen molar-refractivity contribution < 1.29 is 32.9 Å². The van der Waals surface area contributed by atoms with Gasteiger partial charge < -0.3 is 19.8 Å². The predicted molar refractivity (Wildman–Crippen MR) is 309 cm³/mol. The normalized spacial score (nSPS) is 14.2. The summed E-state index contributed by atoms with van der Waals surface area (Å²) >= 11 is 0. The van der Waals surface area contributed by atoms with Crippen LogP contribution in [0.3, 0.4) is 0 Å². The fourth-order valence-corrected chi connectivity index (χ4v) is 9.69. The van der Waals surface area contributed by atoms with E-state index in [0.29, 0.717) is 17.4 Å². The summed E-state index contributed by atoms with van der Waals surface area (Å²) in [5.41, 5.74) is 0. The number of phosphoric ester groups is 1. The number of carbonyl (C=O) groups excluding carboxylic acids is 1. The number of unbranched alkanes of at least 4 members (excludes halogenated alkanes) is 37. The highest BCUT2D eigenvalue weighted by Crippen LogP contribution is 2.43. The number of aliphatic hydroxyl groups is 1. The third kappa shape index (κ3) is 56.0. The topological polar surface area (TPSA) is 105 Å². The molecule has 0 fully saturated rings. The van der Waals surface area contributed by atoms with E-state index in [1.165, 1.54) is 225 Å². The molecule has 0 aliphatic carbocycles. The molecule has 0 saturated heterocycles. The smallest absolute Gasteiger partial charge is 0.387 e. The third-order valence-electron chi connectivity index (χ3n) is 13.7. The molecule has 1 amide bonds. The Hall–Kier alpha value is -1.54.